The monoisotopic (exact) mass is 455 g/mol. The summed E-state index contributed by atoms with van der Waals surface area (Å²) in [6.07, 6.45) is 2.71. The summed E-state index contributed by atoms with van der Waals surface area (Å²) in [4.78, 5) is 22.8. The number of rotatable bonds is 5. The Kier molecular flexibility index (Phi) is 6.41. The number of hydrogen-bond acceptors (Lipinski definition) is 5. The minimum Gasteiger partial charge on any atom is -0.337 e. The zero-order chi connectivity index (χ0) is 22.8. The minimum absolute atomic E-state index is 0.00790. The smallest absolute Gasteiger partial charge is 0.269 e. The van der Waals surface area contributed by atoms with Crippen LogP contribution in [0.2, 0.25) is 0 Å². The lowest BCUT2D eigenvalue weighted by molar-refractivity contribution is -0.384. The van der Waals surface area contributed by atoms with Crippen LogP contribution in [0, 0.1) is 27.6 Å². The molecule has 0 aliphatic carbocycles. The predicted octanol–water partition coefficient (Wildman–Crippen LogP) is 2.56. The second-order valence-electron chi connectivity index (χ2n) is 6.58. The van der Waals surface area contributed by atoms with Crippen molar-refractivity contribution in [3.05, 3.63) is 75.6 Å². The van der Waals surface area contributed by atoms with Gasteiger partial charge in [-0.1, -0.05) is 0 Å². The Hall–Kier alpha value is -3.25. The molecule has 1 heterocycles. The van der Waals surface area contributed by atoms with Gasteiger partial charge in [-0.15, -0.1) is 0 Å². The Bertz CT molecular complexity index is 1150. The van der Waals surface area contributed by atoms with E-state index in [0.29, 0.717) is 17.7 Å². The summed E-state index contributed by atoms with van der Waals surface area (Å²) < 4.78 is 66.4. The molecule has 12 heteroatoms. The number of carbonyl (C=O) groups is 1. The molecular weight excluding hydrogens is 439 g/mol. The van der Waals surface area contributed by atoms with Crippen molar-refractivity contribution in [2.45, 2.75) is 4.90 Å². The van der Waals surface area contributed by atoms with Crippen molar-refractivity contribution < 1.29 is 31.3 Å². The number of nitro benzene ring substituents is 1. The molecule has 0 radical (unpaired) electrons. The molecule has 0 saturated carbocycles. The van der Waals surface area contributed by atoms with E-state index in [0.717, 1.165) is 4.31 Å². The maximum Gasteiger partial charge on any atom is 0.269 e. The van der Waals surface area contributed by atoms with Crippen LogP contribution in [0.3, 0.4) is 0 Å². The highest BCUT2D eigenvalue weighted by molar-refractivity contribution is 7.89. The van der Waals surface area contributed by atoms with Crippen LogP contribution in [0.4, 0.5) is 18.9 Å². The quantitative estimate of drug-likeness (QED) is 0.299. The number of halogens is 3. The standard InChI is InChI=1S/C19H16F3N3O5S/c20-15-6-7-16(19(22)18(15)21)31(29,30)24-11-9-23(10-12-24)17(26)8-3-13-1-4-14(5-2-13)25(27)28/h1-8H,9-12H2. The van der Waals surface area contributed by atoms with E-state index in [1.165, 1.54) is 41.3 Å². The van der Waals surface area contributed by atoms with Crippen molar-refractivity contribution in [3.63, 3.8) is 0 Å². The van der Waals surface area contributed by atoms with Crippen LogP contribution >= 0.6 is 0 Å². The third-order valence-electron chi connectivity index (χ3n) is 4.69. The van der Waals surface area contributed by atoms with Gasteiger partial charge in [0.15, 0.2) is 17.5 Å². The zero-order valence-electron chi connectivity index (χ0n) is 15.9. The van der Waals surface area contributed by atoms with Crippen molar-refractivity contribution in [1.82, 2.24) is 9.21 Å². The summed E-state index contributed by atoms with van der Waals surface area (Å²) in [6.45, 7) is -0.294. The normalized spacial score (nSPS) is 15.4. The van der Waals surface area contributed by atoms with E-state index in [4.69, 9.17) is 0 Å². The number of nitrogens with zero attached hydrogens (tertiary/aromatic N) is 3. The number of hydrogen-bond donors (Lipinski definition) is 0. The van der Waals surface area contributed by atoms with E-state index in [-0.39, 0.29) is 31.9 Å². The van der Waals surface area contributed by atoms with Crippen LogP contribution in [-0.4, -0.2) is 54.6 Å². The first-order valence-electron chi connectivity index (χ1n) is 8.96. The Morgan fingerprint density at radius 1 is 0.968 bits per heavy atom. The fourth-order valence-electron chi connectivity index (χ4n) is 2.98. The molecule has 2 aromatic carbocycles. The number of sulfonamides is 1. The second-order valence-corrected chi connectivity index (χ2v) is 8.49. The highest BCUT2D eigenvalue weighted by Crippen LogP contribution is 2.24. The lowest BCUT2D eigenvalue weighted by Crippen LogP contribution is -2.50. The summed E-state index contributed by atoms with van der Waals surface area (Å²) in [5.74, 6) is -5.56. The number of piperazine rings is 1. The summed E-state index contributed by atoms with van der Waals surface area (Å²) in [6, 6.07) is 6.74. The van der Waals surface area contributed by atoms with Crippen LogP contribution in [0.15, 0.2) is 47.4 Å². The molecule has 3 rings (SSSR count). The van der Waals surface area contributed by atoms with Crippen LogP contribution in [0.1, 0.15) is 5.56 Å². The van der Waals surface area contributed by atoms with Gasteiger partial charge in [0.05, 0.1) is 4.92 Å². The molecule has 0 spiro atoms. The number of nitro groups is 1. The van der Waals surface area contributed by atoms with Crippen LogP contribution in [-0.2, 0) is 14.8 Å². The summed E-state index contributed by atoms with van der Waals surface area (Å²) >= 11 is 0. The lowest BCUT2D eigenvalue weighted by Gasteiger charge is -2.33. The molecule has 0 atom stereocenters. The SMILES string of the molecule is O=C(C=Cc1ccc([N+](=O)[O-])cc1)N1CCN(S(=O)(=O)c2ccc(F)c(F)c2F)CC1. The molecule has 8 nitrogen and oxygen atoms in total. The topological polar surface area (TPSA) is 101 Å². The highest BCUT2D eigenvalue weighted by atomic mass is 32.2. The molecule has 164 valence electrons. The molecule has 0 aromatic heterocycles. The van der Waals surface area contributed by atoms with Crippen molar-refractivity contribution in [1.29, 1.82) is 0 Å². The Labute approximate surface area is 175 Å². The first kappa shape index (κ1) is 22.4. The van der Waals surface area contributed by atoms with E-state index in [1.807, 2.05) is 0 Å². The average molecular weight is 455 g/mol. The summed E-state index contributed by atoms with van der Waals surface area (Å²) in [5, 5.41) is 10.6. The number of carbonyl (C=O) groups excluding carboxylic acids is 1. The van der Waals surface area contributed by atoms with Gasteiger partial charge in [-0.25, -0.2) is 21.6 Å². The Balaban J connectivity index is 1.64. The third-order valence-corrected chi connectivity index (χ3v) is 6.61. The van der Waals surface area contributed by atoms with E-state index >= 15 is 0 Å². The Morgan fingerprint density at radius 3 is 2.16 bits per heavy atom. The highest BCUT2D eigenvalue weighted by Gasteiger charge is 2.33. The summed E-state index contributed by atoms with van der Waals surface area (Å²) in [7, 11) is -4.41. The molecule has 1 aliphatic rings. The first-order valence-corrected chi connectivity index (χ1v) is 10.4. The molecule has 0 unspecified atom stereocenters. The van der Waals surface area contributed by atoms with Crippen molar-refractivity contribution in [2.75, 3.05) is 26.2 Å². The molecule has 0 bridgehead atoms. The fraction of sp³-hybridized carbons (Fsp3) is 0.211. The maximum atomic E-state index is 13.9. The number of benzene rings is 2. The average Bonchev–Trinajstić information content (AvgIpc) is 2.76. The number of amides is 1. The maximum absolute atomic E-state index is 13.9. The molecule has 31 heavy (non-hydrogen) atoms. The molecule has 1 aliphatic heterocycles. The third kappa shape index (κ3) is 4.75. The van der Waals surface area contributed by atoms with Gasteiger partial charge < -0.3 is 4.90 Å². The predicted molar refractivity (Wildman–Crippen MR) is 104 cm³/mol. The van der Waals surface area contributed by atoms with Gasteiger partial charge in [0, 0.05) is 44.4 Å². The van der Waals surface area contributed by atoms with E-state index in [1.54, 1.807) is 0 Å². The molecule has 2 aromatic rings. The van der Waals surface area contributed by atoms with E-state index in [2.05, 4.69) is 0 Å². The summed E-state index contributed by atoms with van der Waals surface area (Å²) in [5.41, 5.74) is 0.479. The molecule has 1 saturated heterocycles. The van der Waals surface area contributed by atoms with Gasteiger partial charge in [0.25, 0.3) is 5.69 Å². The number of non-ortho nitro benzene ring substituents is 1. The van der Waals surface area contributed by atoms with Gasteiger partial charge in [-0.3, -0.25) is 14.9 Å². The first-order chi connectivity index (χ1) is 14.6. The van der Waals surface area contributed by atoms with Crippen LogP contribution in [0.5, 0.6) is 0 Å². The fourth-order valence-corrected chi connectivity index (χ4v) is 4.45. The van der Waals surface area contributed by atoms with Gasteiger partial charge in [-0.05, 0) is 35.9 Å². The van der Waals surface area contributed by atoms with Crippen molar-refractivity contribution in [2.24, 2.45) is 0 Å². The molecular formula is C19H16F3N3O5S. The van der Waals surface area contributed by atoms with Gasteiger partial charge in [-0.2, -0.15) is 4.31 Å². The largest absolute Gasteiger partial charge is 0.337 e. The lowest BCUT2D eigenvalue weighted by atomic mass is 10.2. The van der Waals surface area contributed by atoms with Crippen molar-refractivity contribution >= 4 is 27.7 Å². The van der Waals surface area contributed by atoms with Crippen LogP contribution in [0.25, 0.3) is 6.08 Å². The van der Waals surface area contributed by atoms with E-state index < -0.39 is 43.2 Å². The van der Waals surface area contributed by atoms with Crippen LogP contribution < -0.4 is 0 Å². The van der Waals surface area contributed by atoms with Crippen molar-refractivity contribution in [3.8, 4) is 0 Å². The minimum atomic E-state index is -4.41. The Morgan fingerprint density at radius 2 is 1.58 bits per heavy atom. The molecule has 0 N–H and O–H groups in total. The van der Waals surface area contributed by atoms with E-state index in [9.17, 15) is 36.5 Å². The van der Waals surface area contributed by atoms with Gasteiger partial charge in [0.2, 0.25) is 15.9 Å². The molecule has 1 amide bonds. The molecule has 1 fully saturated rings. The van der Waals surface area contributed by atoms with Gasteiger partial charge >= 0.3 is 0 Å². The zero-order valence-corrected chi connectivity index (χ0v) is 16.7. The van der Waals surface area contributed by atoms with Gasteiger partial charge in [0.1, 0.15) is 4.90 Å². The second kappa shape index (κ2) is 8.86.